The molecule has 10 heteroatoms. The first-order valence-electron chi connectivity index (χ1n) is 11.3. The smallest absolute Gasteiger partial charge is 0.324 e. The number of benzene rings is 1. The fraction of sp³-hybridized carbons (Fsp3) is 0.591. The number of ether oxygens (including phenoxy) is 1. The Labute approximate surface area is 185 Å². The van der Waals surface area contributed by atoms with E-state index in [4.69, 9.17) is 9.26 Å². The van der Waals surface area contributed by atoms with E-state index in [1.165, 1.54) is 23.5 Å². The van der Waals surface area contributed by atoms with Crippen LogP contribution < -0.4 is 4.90 Å². The Hall–Kier alpha value is -2.88. The highest BCUT2D eigenvalue weighted by Gasteiger charge is 2.43. The molecule has 32 heavy (non-hydrogen) atoms. The van der Waals surface area contributed by atoms with E-state index in [-0.39, 0.29) is 18.3 Å². The number of nitrogens with zero attached hydrogens (tertiary/aromatic N) is 7. The summed E-state index contributed by atoms with van der Waals surface area (Å²) >= 11 is 0. The lowest BCUT2D eigenvalue weighted by Gasteiger charge is -2.30. The zero-order valence-electron chi connectivity index (χ0n) is 18.4. The van der Waals surface area contributed by atoms with Crippen molar-refractivity contribution in [1.82, 2.24) is 30.3 Å². The summed E-state index contributed by atoms with van der Waals surface area (Å²) in [4.78, 5) is 6.72. The predicted octanol–water partition coefficient (Wildman–Crippen LogP) is 3.38. The van der Waals surface area contributed by atoms with Crippen LogP contribution in [0.25, 0.3) is 5.69 Å². The molecule has 170 valence electrons. The number of aromatic nitrogens is 6. The molecular weight excluding hydrogens is 413 g/mol. The Kier molecular flexibility index (Phi) is 5.86. The molecule has 2 unspecified atom stereocenters. The largest absolute Gasteiger partial charge is 0.376 e. The van der Waals surface area contributed by atoms with Crippen molar-refractivity contribution in [3.05, 3.63) is 41.7 Å². The van der Waals surface area contributed by atoms with Crippen molar-refractivity contribution in [2.45, 2.75) is 45.6 Å². The van der Waals surface area contributed by atoms with E-state index in [1.807, 2.05) is 0 Å². The fourth-order valence-corrected chi connectivity index (χ4v) is 4.54. The summed E-state index contributed by atoms with van der Waals surface area (Å²) in [6, 6.07) is 5.60. The van der Waals surface area contributed by atoms with Gasteiger partial charge in [0.15, 0.2) is 5.82 Å². The van der Waals surface area contributed by atoms with Crippen LogP contribution in [0, 0.1) is 23.6 Å². The van der Waals surface area contributed by atoms with Crippen molar-refractivity contribution in [1.29, 1.82) is 0 Å². The van der Waals surface area contributed by atoms with Crippen LogP contribution in [0.15, 0.2) is 29.0 Å². The van der Waals surface area contributed by atoms with Gasteiger partial charge in [-0.1, -0.05) is 25.1 Å². The third kappa shape index (κ3) is 4.50. The maximum atomic E-state index is 14.4. The van der Waals surface area contributed by atoms with Crippen LogP contribution in [0.4, 0.5) is 10.4 Å². The van der Waals surface area contributed by atoms with Crippen molar-refractivity contribution in [2.24, 2.45) is 17.8 Å². The molecule has 2 fully saturated rings. The Balaban J connectivity index is 1.05. The number of anilines is 1. The maximum absolute atomic E-state index is 14.4. The van der Waals surface area contributed by atoms with Crippen molar-refractivity contribution in [2.75, 3.05) is 24.6 Å². The molecule has 1 aromatic carbocycles. The molecule has 5 rings (SSSR count). The quantitative estimate of drug-likeness (QED) is 0.525. The lowest BCUT2D eigenvalue weighted by Crippen LogP contribution is -2.34. The van der Waals surface area contributed by atoms with Crippen molar-refractivity contribution >= 4 is 6.01 Å². The van der Waals surface area contributed by atoms with Gasteiger partial charge in [0.25, 0.3) is 0 Å². The molecule has 1 aliphatic heterocycles. The first-order chi connectivity index (χ1) is 15.6. The highest BCUT2D eigenvalue weighted by molar-refractivity contribution is 5.34. The predicted molar refractivity (Wildman–Crippen MR) is 114 cm³/mol. The molecule has 0 amide bonds. The van der Waals surface area contributed by atoms with Gasteiger partial charge in [-0.25, -0.2) is 9.07 Å². The van der Waals surface area contributed by atoms with Crippen LogP contribution >= 0.6 is 0 Å². The molecule has 1 saturated heterocycles. The van der Waals surface area contributed by atoms with Crippen LogP contribution in [0.3, 0.4) is 0 Å². The van der Waals surface area contributed by atoms with E-state index in [0.717, 1.165) is 31.8 Å². The van der Waals surface area contributed by atoms with E-state index in [1.54, 1.807) is 12.1 Å². The molecule has 1 saturated carbocycles. The van der Waals surface area contributed by atoms with Gasteiger partial charge >= 0.3 is 6.01 Å². The summed E-state index contributed by atoms with van der Waals surface area (Å²) in [7, 11) is 0. The lowest BCUT2D eigenvalue weighted by atomic mass is 9.91. The zero-order chi connectivity index (χ0) is 22.1. The highest BCUT2D eigenvalue weighted by atomic mass is 19.1. The minimum absolute atomic E-state index is 0.273. The van der Waals surface area contributed by atoms with Gasteiger partial charge in [-0.15, -0.1) is 5.10 Å². The average molecular weight is 442 g/mol. The number of hydrogen-bond donors (Lipinski definition) is 0. The standard InChI is InChI=1S/C22H28FN7O2/c1-14(2)21-25-22(32-26-21)29-7-5-15(6-8-29)19-9-17(19)12-31-11-16-3-4-18(10-20(16)23)30-13-24-27-28-30/h3-4,10,13-15,17,19H,5-9,11-12H2,1-2H3. The van der Waals surface area contributed by atoms with Crippen LogP contribution in [0.1, 0.15) is 50.4 Å². The fourth-order valence-electron chi connectivity index (χ4n) is 4.54. The average Bonchev–Trinajstić information content (AvgIpc) is 3.19. The molecule has 3 aromatic rings. The van der Waals surface area contributed by atoms with Gasteiger partial charge in [0, 0.05) is 30.6 Å². The Morgan fingerprint density at radius 1 is 1.25 bits per heavy atom. The maximum Gasteiger partial charge on any atom is 0.324 e. The molecule has 0 N–H and O–H groups in total. The molecule has 0 spiro atoms. The molecule has 2 aromatic heterocycles. The molecule has 0 bridgehead atoms. The Bertz CT molecular complexity index is 1030. The first-order valence-corrected chi connectivity index (χ1v) is 11.3. The SMILES string of the molecule is CC(C)c1noc(N2CCC(C3CC3COCc3ccc(-n4cnnn4)cc3F)CC2)n1. The second-order valence-corrected chi connectivity index (χ2v) is 9.12. The molecule has 3 heterocycles. The van der Waals surface area contributed by atoms with Gasteiger partial charge in [-0.2, -0.15) is 4.98 Å². The molecule has 2 aliphatic rings. The minimum Gasteiger partial charge on any atom is -0.376 e. The highest BCUT2D eigenvalue weighted by Crippen LogP contribution is 2.48. The van der Waals surface area contributed by atoms with Crippen molar-refractivity contribution in [3.63, 3.8) is 0 Å². The van der Waals surface area contributed by atoms with Crippen LogP contribution in [-0.2, 0) is 11.3 Å². The second kappa shape index (κ2) is 8.93. The summed E-state index contributed by atoms with van der Waals surface area (Å²) in [6.07, 6.45) is 4.90. The molecule has 9 nitrogen and oxygen atoms in total. The van der Waals surface area contributed by atoms with E-state index in [0.29, 0.717) is 41.6 Å². The van der Waals surface area contributed by atoms with Crippen LogP contribution in [0.5, 0.6) is 0 Å². The molecular formula is C22H28FN7O2. The van der Waals surface area contributed by atoms with E-state index in [2.05, 4.69) is 44.4 Å². The number of tetrazole rings is 1. The third-order valence-electron chi connectivity index (χ3n) is 6.58. The summed E-state index contributed by atoms with van der Waals surface area (Å²) in [5, 5.41) is 15.0. The Morgan fingerprint density at radius 3 is 2.78 bits per heavy atom. The number of rotatable bonds is 8. The number of hydrogen-bond acceptors (Lipinski definition) is 8. The Morgan fingerprint density at radius 2 is 2.09 bits per heavy atom. The summed E-state index contributed by atoms with van der Waals surface area (Å²) in [5.41, 5.74) is 1.14. The van der Waals surface area contributed by atoms with Gasteiger partial charge in [-0.3, -0.25) is 0 Å². The lowest BCUT2D eigenvalue weighted by molar-refractivity contribution is 0.102. The van der Waals surface area contributed by atoms with Crippen LogP contribution in [0.2, 0.25) is 0 Å². The molecule has 1 aliphatic carbocycles. The number of piperidine rings is 1. The third-order valence-corrected chi connectivity index (χ3v) is 6.58. The van der Waals surface area contributed by atoms with Gasteiger partial charge in [-0.05, 0) is 53.5 Å². The van der Waals surface area contributed by atoms with E-state index in [9.17, 15) is 4.39 Å². The van der Waals surface area contributed by atoms with Crippen LogP contribution in [-0.4, -0.2) is 50.0 Å². The van der Waals surface area contributed by atoms with Gasteiger partial charge < -0.3 is 14.2 Å². The normalized spacial score (nSPS) is 21.4. The topological polar surface area (TPSA) is 95.0 Å². The summed E-state index contributed by atoms with van der Waals surface area (Å²) < 4.78 is 27.1. The number of halogens is 1. The van der Waals surface area contributed by atoms with Gasteiger partial charge in [0.05, 0.1) is 18.9 Å². The first kappa shape index (κ1) is 21.0. The van der Waals surface area contributed by atoms with E-state index < -0.39 is 0 Å². The minimum atomic E-state index is -0.306. The summed E-state index contributed by atoms with van der Waals surface area (Å²) in [6.45, 7) is 6.99. The molecule has 0 radical (unpaired) electrons. The summed E-state index contributed by atoms with van der Waals surface area (Å²) in [5.74, 6) is 2.72. The second-order valence-electron chi connectivity index (χ2n) is 9.12. The van der Waals surface area contributed by atoms with E-state index >= 15 is 0 Å². The van der Waals surface area contributed by atoms with Gasteiger partial charge in [0.1, 0.15) is 12.1 Å². The van der Waals surface area contributed by atoms with Gasteiger partial charge in [0.2, 0.25) is 0 Å². The monoisotopic (exact) mass is 441 g/mol. The zero-order valence-corrected chi connectivity index (χ0v) is 18.4. The molecule has 2 atom stereocenters. The van der Waals surface area contributed by atoms with Crippen molar-refractivity contribution in [3.8, 4) is 5.69 Å². The van der Waals surface area contributed by atoms with Crippen molar-refractivity contribution < 1.29 is 13.7 Å².